The van der Waals surface area contributed by atoms with Gasteiger partial charge >= 0.3 is 0 Å². The number of carbonyl (C=O) groups is 1. The van der Waals surface area contributed by atoms with Crippen molar-refractivity contribution in [3.05, 3.63) is 58.2 Å². The molecule has 1 amide bonds. The first-order chi connectivity index (χ1) is 18.9. The zero-order chi connectivity index (χ0) is 29.9. The van der Waals surface area contributed by atoms with Gasteiger partial charge in [-0.05, 0) is 70.0 Å². The summed E-state index contributed by atoms with van der Waals surface area (Å²) >= 11 is 5.95. The number of nitrogens with two attached hydrogens (primary N) is 1. The zero-order valence-corrected chi connectivity index (χ0v) is 25.9. The van der Waals surface area contributed by atoms with E-state index < -0.39 is 10.0 Å². The molecule has 0 bridgehead atoms. The third-order valence-corrected chi connectivity index (χ3v) is 8.16. The highest BCUT2D eigenvalue weighted by Gasteiger charge is 2.15. The highest BCUT2D eigenvalue weighted by Crippen LogP contribution is 2.28. The van der Waals surface area contributed by atoms with Crippen molar-refractivity contribution in [2.75, 3.05) is 66.7 Å². The third kappa shape index (κ3) is 9.97. The van der Waals surface area contributed by atoms with E-state index >= 15 is 0 Å². The minimum Gasteiger partial charge on any atom is -0.496 e. The minimum atomic E-state index is -3.23. The average Bonchev–Trinajstić information content (AvgIpc) is 3.33. The number of aromatic nitrogens is 1. The number of fused-ring (bicyclic) bond motifs is 1. The third-order valence-electron chi connectivity index (χ3n) is 6.50. The molecule has 0 atom stereocenters. The molecule has 1 aromatic heterocycles. The zero-order valence-electron chi connectivity index (χ0n) is 24.3. The number of hydrogen-bond donors (Lipinski definition) is 4. The lowest BCUT2D eigenvalue weighted by molar-refractivity contribution is 0.0946. The van der Waals surface area contributed by atoms with Gasteiger partial charge < -0.3 is 30.6 Å². The summed E-state index contributed by atoms with van der Waals surface area (Å²) < 4.78 is 30.7. The van der Waals surface area contributed by atoms with E-state index in [9.17, 15) is 13.2 Å². The number of methoxy groups -OCH3 is 1. The summed E-state index contributed by atoms with van der Waals surface area (Å²) in [6, 6.07) is 8.84. The first kappa shape index (κ1) is 33.4. The van der Waals surface area contributed by atoms with E-state index in [1.165, 1.54) is 25.8 Å². The standard InChI is InChI=1S/C14H22ClN3O2.C14H21N3O2S/c1-4-18(5-2)7-6-17-14(19)10-8-11(15)12(16)9-13(10)20-3;1-15-20(18,19)10-11-4-5-14-13(8-11)12(9-16-14)6-7-17(2)3/h8-9H,4-7,16H2,1-3H3,(H,17,19);4-5,8-9,15-16H,6-7,10H2,1-3H3. The van der Waals surface area contributed by atoms with Crippen molar-refractivity contribution in [1.82, 2.24) is 24.8 Å². The Labute approximate surface area is 243 Å². The topological polar surface area (TPSA) is 133 Å². The summed E-state index contributed by atoms with van der Waals surface area (Å²) in [6.45, 7) is 8.45. The number of H-pyrrole nitrogens is 1. The van der Waals surface area contributed by atoms with Crippen LogP contribution < -0.4 is 20.5 Å². The van der Waals surface area contributed by atoms with Gasteiger partial charge in [0.2, 0.25) is 10.0 Å². The van der Waals surface area contributed by atoms with E-state index in [1.54, 1.807) is 6.07 Å². The molecule has 0 aliphatic carbocycles. The van der Waals surface area contributed by atoms with E-state index in [0.29, 0.717) is 28.6 Å². The molecule has 0 aliphatic rings. The Morgan fingerprint density at radius 3 is 2.42 bits per heavy atom. The first-order valence-corrected chi connectivity index (χ1v) is 15.3. The highest BCUT2D eigenvalue weighted by molar-refractivity contribution is 7.88. The molecule has 10 nitrogen and oxygen atoms in total. The fraction of sp³-hybridized carbons (Fsp3) is 0.464. The molecule has 12 heteroatoms. The average molecular weight is 595 g/mol. The Kier molecular flexibility index (Phi) is 13.2. The Bertz CT molecular complexity index is 1360. The van der Waals surface area contributed by atoms with Crippen LogP contribution in [0.15, 0.2) is 36.5 Å². The predicted octanol–water partition coefficient (Wildman–Crippen LogP) is 3.32. The number of sulfonamides is 1. The van der Waals surface area contributed by atoms with Crippen LogP contribution in [-0.4, -0.2) is 90.1 Å². The first-order valence-electron chi connectivity index (χ1n) is 13.2. The van der Waals surface area contributed by atoms with Crippen LogP contribution in [-0.2, 0) is 22.2 Å². The molecule has 1 heterocycles. The van der Waals surface area contributed by atoms with Gasteiger partial charge in [0.25, 0.3) is 5.91 Å². The number of nitrogens with one attached hydrogen (secondary N) is 3. The van der Waals surface area contributed by atoms with Crippen molar-refractivity contribution in [1.29, 1.82) is 0 Å². The smallest absolute Gasteiger partial charge is 0.255 e. The molecular formula is C28H43ClN6O4S. The summed E-state index contributed by atoms with van der Waals surface area (Å²) in [5.74, 6) is 0.223. The molecular weight excluding hydrogens is 552 g/mol. The maximum absolute atomic E-state index is 12.1. The van der Waals surface area contributed by atoms with Crippen LogP contribution in [0.25, 0.3) is 10.9 Å². The van der Waals surface area contributed by atoms with Crippen LogP contribution in [0.3, 0.4) is 0 Å². The maximum atomic E-state index is 12.1. The van der Waals surface area contributed by atoms with Crippen LogP contribution in [0.2, 0.25) is 5.02 Å². The summed E-state index contributed by atoms with van der Waals surface area (Å²) in [6.07, 6.45) is 2.94. The second-order valence-corrected chi connectivity index (χ2v) is 11.9. The molecule has 0 saturated heterocycles. The molecule has 40 heavy (non-hydrogen) atoms. The highest BCUT2D eigenvalue weighted by atomic mass is 35.5. The van der Waals surface area contributed by atoms with E-state index in [1.807, 2.05) is 38.5 Å². The number of nitrogen functional groups attached to an aromatic ring is 1. The molecule has 222 valence electrons. The van der Waals surface area contributed by atoms with Gasteiger partial charge in [0.05, 0.1) is 29.1 Å². The molecule has 2 aromatic carbocycles. The van der Waals surface area contributed by atoms with E-state index in [2.05, 4.69) is 38.7 Å². The van der Waals surface area contributed by atoms with Crippen LogP contribution in [0.1, 0.15) is 35.3 Å². The van der Waals surface area contributed by atoms with Crippen molar-refractivity contribution in [2.24, 2.45) is 0 Å². The Hall–Kier alpha value is -2.83. The number of rotatable bonds is 13. The number of halogens is 1. The van der Waals surface area contributed by atoms with Crippen molar-refractivity contribution >= 4 is 44.1 Å². The normalized spacial score (nSPS) is 11.5. The number of amides is 1. The molecule has 3 aromatic rings. The van der Waals surface area contributed by atoms with Gasteiger partial charge in [-0.2, -0.15) is 0 Å². The molecule has 0 saturated carbocycles. The van der Waals surface area contributed by atoms with Crippen LogP contribution in [0.5, 0.6) is 5.75 Å². The van der Waals surface area contributed by atoms with Crippen LogP contribution in [0.4, 0.5) is 5.69 Å². The van der Waals surface area contributed by atoms with E-state index in [0.717, 1.165) is 49.1 Å². The summed E-state index contributed by atoms with van der Waals surface area (Å²) in [5, 5.41) is 4.31. The summed E-state index contributed by atoms with van der Waals surface area (Å²) in [7, 11) is 3.78. The SMILES string of the molecule is CCN(CC)CCNC(=O)c1cc(Cl)c(N)cc1OC.CNS(=O)(=O)Cc1ccc2[nH]cc(CCN(C)C)c2c1. The second kappa shape index (κ2) is 15.8. The Morgan fingerprint density at radius 1 is 1.12 bits per heavy atom. The van der Waals surface area contributed by atoms with Gasteiger partial charge in [-0.3, -0.25) is 4.79 Å². The lowest BCUT2D eigenvalue weighted by Crippen LogP contribution is -2.34. The quantitative estimate of drug-likeness (QED) is 0.223. The predicted molar refractivity (Wildman–Crippen MR) is 165 cm³/mol. The summed E-state index contributed by atoms with van der Waals surface area (Å²) in [5.41, 5.74) is 9.55. The van der Waals surface area contributed by atoms with Gasteiger partial charge in [-0.15, -0.1) is 0 Å². The molecule has 0 spiro atoms. The second-order valence-electron chi connectivity index (χ2n) is 9.57. The molecule has 0 unspecified atom stereocenters. The van der Waals surface area contributed by atoms with Crippen molar-refractivity contribution in [3.8, 4) is 5.75 Å². The number of hydrogen-bond acceptors (Lipinski definition) is 7. The number of benzene rings is 2. The van der Waals surface area contributed by atoms with Gasteiger partial charge in [-0.25, -0.2) is 13.1 Å². The van der Waals surface area contributed by atoms with Gasteiger partial charge in [0.1, 0.15) is 5.75 Å². The van der Waals surface area contributed by atoms with Crippen LogP contribution >= 0.6 is 11.6 Å². The van der Waals surface area contributed by atoms with Crippen molar-refractivity contribution in [3.63, 3.8) is 0 Å². The van der Waals surface area contributed by atoms with Gasteiger partial charge in [0.15, 0.2) is 0 Å². The van der Waals surface area contributed by atoms with Crippen molar-refractivity contribution in [2.45, 2.75) is 26.0 Å². The number of aromatic amines is 1. The molecule has 3 rings (SSSR count). The molecule has 0 aliphatic heterocycles. The Balaban J connectivity index is 0.000000280. The molecule has 0 fully saturated rings. The van der Waals surface area contributed by atoms with Gasteiger partial charge in [0, 0.05) is 42.8 Å². The maximum Gasteiger partial charge on any atom is 0.255 e. The van der Waals surface area contributed by atoms with Gasteiger partial charge in [-0.1, -0.05) is 31.5 Å². The number of likely N-dealkylation sites (N-methyl/N-ethyl adjacent to an activating group) is 2. The van der Waals surface area contributed by atoms with Crippen molar-refractivity contribution < 1.29 is 17.9 Å². The number of carbonyl (C=O) groups excluding carboxylic acids is 1. The monoisotopic (exact) mass is 594 g/mol. The van der Waals surface area contributed by atoms with E-state index in [-0.39, 0.29) is 11.7 Å². The fourth-order valence-corrected chi connectivity index (χ4v) is 4.96. The largest absolute Gasteiger partial charge is 0.496 e. The lowest BCUT2D eigenvalue weighted by atomic mass is 10.1. The lowest BCUT2D eigenvalue weighted by Gasteiger charge is -2.18. The van der Waals surface area contributed by atoms with E-state index in [4.69, 9.17) is 22.1 Å². The van der Waals surface area contributed by atoms with Crippen LogP contribution in [0, 0.1) is 0 Å². The Morgan fingerprint density at radius 2 is 1.82 bits per heavy atom. The molecule has 5 N–H and O–H groups in total. The fourth-order valence-electron chi connectivity index (χ4n) is 4.04. The number of anilines is 1. The minimum absolute atomic E-state index is 0.0116. The number of ether oxygens (including phenoxy) is 1. The molecule has 0 radical (unpaired) electrons. The summed E-state index contributed by atoms with van der Waals surface area (Å²) in [4.78, 5) is 19.7. The number of nitrogens with zero attached hydrogens (tertiary/aromatic N) is 2.